The molecule has 2 N–H and O–H groups in total. The number of anilines is 1. The Morgan fingerprint density at radius 1 is 1.18 bits per heavy atom. The molecular weight excluding hydrogens is 384 g/mol. The summed E-state index contributed by atoms with van der Waals surface area (Å²) in [6, 6.07) is 5.20. The lowest BCUT2D eigenvalue weighted by Gasteiger charge is -2.25. The van der Waals surface area contributed by atoms with Crippen molar-refractivity contribution in [2.75, 3.05) is 45.4 Å². The van der Waals surface area contributed by atoms with Crippen LogP contribution in [0.2, 0.25) is 0 Å². The fourth-order valence-electron chi connectivity index (χ4n) is 2.68. The van der Waals surface area contributed by atoms with Gasteiger partial charge in [-0.25, -0.2) is 4.98 Å². The van der Waals surface area contributed by atoms with Crippen LogP contribution in [-0.2, 0) is 16.0 Å². The molecule has 9 nitrogen and oxygen atoms in total. The summed E-state index contributed by atoms with van der Waals surface area (Å²) in [6.45, 7) is 2.79. The van der Waals surface area contributed by atoms with E-state index in [2.05, 4.69) is 20.7 Å². The van der Waals surface area contributed by atoms with Crippen LogP contribution in [0, 0.1) is 0 Å². The number of nitrogens with zero attached hydrogens (tertiary/aromatic N) is 2. The minimum Gasteiger partial charge on any atom is -0.493 e. The highest BCUT2D eigenvalue weighted by molar-refractivity contribution is 7.13. The lowest BCUT2D eigenvalue weighted by molar-refractivity contribution is -0.121. The Morgan fingerprint density at radius 3 is 2.64 bits per heavy atom. The number of methoxy groups -OCH3 is 2. The van der Waals surface area contributed by atoms with Crippen molar-refractivity contribution >= 4 is 28.3 Å². The number of hydrogen-bond donors (Lipinski definition) is 2. The molecule has 0 spiro atoms. The molecule has 2 aromatic rings. The van der Waals surface area contributed by atoms with E-state index in [-0.39, 0.29) is 18.0 Å². The van der Waals surface area contributed by atoms with E-state index >= 15 is 0 Å². The number of ether oxygens (including phenoxy) is 3. The molecule has 0 atom stereocenters. The molecule has 0 saturated carbocycles. The minimum absolute atomic E-state index is 0.0801. The highest BCUT2D eigenvalue weighted by atomic mass is 32.1. The molecule has 0 bridgehead atoms. The molecule has 1 saturated heterocycles. The molecule has 0 aliphatic carbocycles. The third kappa shape index (κ3) is 4.90. The number of benzene rings is 1. The average Bonchev–Trinajstić information content (AvgIpc) is 3.23. The monoisotopic (exact) mass is 406 g/mol. The Kier molecular flexibility index (Phi) is 6.66. The molecule has 28 heavy (non-hydrogen) atoms. The summed E-state index contributed by atoms with van der Waals surface area (Å²) in [7, 11) is 3.07. The second-order valence-electron chi connectivity index (χ2n) is 5.98. The molecule has 0 radical (unpaired) electrons. The van der Waals surface area contributed by atoms with Crippen LogP contribution in [0.15, 0.2) is 23.6 Å². The maximum absolute atomic E-state index is 12.2. The van der Waals surface area contributed by atoms with Crippen LogP contribution >= 0.6 is 11.3 Å². The molecule has 1 aliphatic rings. The first-order chi connectivity index (χ1) is 13.6. The molecule has 2 heterocycles. The Balaban J connectivity index is 1.51. The van der Waals surface area contributed by atoms with Gasteiger partial charge in [-0.1, -0.05) is 6.07 Å². The molecule has 1 aromatic carbocycles. The maximum Gasteiger partial charge on any atom is 0.289 e. The van der Waals surface area contributed by atoms with E-state index in [4.69, 9.17) is 14.2 Å². The number of morpholine rings is 1. The van der Waals surface area contributed by atoms with Crippen molar-refractivity contribution in [1.29, 1.82) is 0 Å². The van der Waals surface area contributed by atoms with Crippen LogP contribution in [-0.4, -0.2) is 57.3 Å². The predicted molar refractivity (Wildman–Crippen MR) is 104 cm³/mol. The molecule has 1 aromatic heterocycles. The van der Waals surface area contributed by atoms with Crippen LogP contribution in [0.25, 0.3) is 0 Å². The number of amides is 2. The molecule has 2 amide bonds. The van der Waals surface area contributed by atoms with Gasteiger partial charge in [0.2, 0.25) is 5.91 Å². The molecule has 1 fully saturated rings. The zero-order valence-electron chi connectivity index (χ0n) is 15.7. The fourth-order valence-corrected chi connectivity index (χ4v) is 3.54. The van der Waals surface area contributed by atoms with Gasteiger partial charge in [-0.2, -0.15) is 0 Å². The van der Waals surface area contributed by atoms with E-state index in [1.165, 1.54) is 18.4 Å². The Hall–Kier alpha value is -2.85. The third-order valence-corrected chi connectivity index (χ3v) is 5.04. The molecule has 3 rings (SSSR count). The number of hydrogen-bond acceptors (Lipinski definition) is 8. The van der Waals surface area contributed by atoms with E-state index in [0.29, 0.717) is 24.7 Å². The van der Waals surface area contributed by atoms with E-state index in [9.17, 15) is 9.59 Å². The van der Waals surface area contributed by atoms with Crippen LogP contribution in [0.4, 0.5) is 5.13 Å². The summed E-state index contributed by atoms with van der Waals surface area (Å²) < 4.78 is 15.7. The first kappa shape index (κ1) is 19.9. The molecular formula is C18H22N4O5S. The molecule has 150 valence electrons. The Bertz CT molecular complexity index is 835. The zero-order valence-corrected chi connectivity index (χ0v) is 16.5. The summed E-state index contributed by atoms with van der Waals surface area (Å²) in [6.07, 6.45) is 0.0801. The highest BCUT2D eigenvalue weighted by Crippen LogP contribution is 2.27. The van der Waals surface area contributed by atoms with Gasteiger partial charge in [-0.05, 0) is 17.7 Å². The quantitative estimate of drug-likeness (QED) is 0.690. The van der Waals surface area contributed by atoms with Crippen LogP contribution in [0.1, 0.15) is 16.1 Å². The summed E-state index contributed by atoms with van der Waals surface area (Å²) in [5.74, 6) is 0.301. The number of rotatable bonds is 6. The second-order valence-corrected chi connectivity index (χ2v) is 6.82. The molecule has 1 aliphatic heterocycles. The van der Waals surface area contributed by atoms with Crippen LogP contribution in [0.3, 0.4) is 0 Å². The van der Waals surface area contributed by atoms with Crippen molar-refractivity contribution in [2.24, 2.45) is 0 Å². The lowest BCUT2D eigenvalue weighted by Crippen LogP contribution is -2.42. The van der Waals surface area contributed by atoms with E-state index in [1.54, 1.807) is 30.7 Å². The van der Waals surface area contributed by atoms with Crippen LogP contribution in [0.5, 0.6) is 11.5 Å². The molecule has 0 unspecified atom stereocenters. The van der Waals surface area contributed by atoms with Crippen molar-refractivity contribution < 1.29 is 23.8 Å². The number of nitrogens with one attached hydrogen (secondary N) is 2. The Labute approximate surface area is 166 Å². The van der Waals surface area contributed by atoms with Gasteiger partial charge in [0.15, 0.2) is 16.6 Å². The standard InChI is InChI=1S/C18H22N4O5S/c1-25-14-4-3-12(9-15(14)26-2)10-16(23)20-21-17(24)13-11-28-18(19-13)22-5-7-27-8-6-22/h3-4,9,11H,5-8,10H2,1-2H3,(H,20,23)(H,21,24). The number of carbonyl (C=O) groups is 2. The first-order valence-corrected chi connectivity index (χ1v) is 9.57. The smallest absolute Gasteiger partial charge is 0.289 e. The maximum atomic E-state index is 12.2. The van der Waals surface area contributed by atoms with Crippen molar-refractivity contribution in [3.8, 4) is 11.5 Å². The van der Waals surface area contributed by atoms with Gasteiger partial charge in [-0.3, -0.25) is 20.4 Å². The first-order valence-electron chi connectivity index (χ1n) is 8.69. The number of thiazole rings is 1. The fraction of sp³-hybridized carbons (Fsp3) is 0.389. The number of hydrazine groups is 1. The van der Waals surface area contributed by atoms with E-state index in [0.717, 1.165) is 23.8 Å². The van der Waals surface area contributed by atoms with Gasteiger partial charge < -0.3 is 19.1 Å². The number of carbonyl (C=O) groups excluding carboxylic acids is 2. The minimum atomic E-state index is -0.462. The summed E-state index contributed by atoms with van der Waals surface area (Å²) in [4.78, 5) is 30.7. The van der Waals surface area contributed by atoms with Crippen molar-refractivity contribution in [3.05, 3.63) is 34.8 Å². The average molecular weight is 406 g/mol. The van der Waals surface area contributed by atoms with Crippen LogP contribution < -0.4 is 25.2 Å². The summed E-state index contributed by atoms with van der Waals surface area (Å²) >= 11 is 1.39. The number of aromatic nitrogens is 1. The van der Waals surface area contributed by atoms with Crippen molar-refractivity contribution in [3.63, 3.8) is 0 Å². The summed E-state index contributed by atoms with van der Waals surface area (Å²) in [5, 5.41) is 2.44. The topological polar surface area (TPSA) is 102 Å². The largest absolute Gasteiger partial charge is 0.493 e. The van der Waals surface area contributed by atoms with Gasteiger partial charge in [0.25, 0.3) is 5.91 Å². The van der Waals surface area contributed by atoms with Gasteiger partial charge >= 0.3 is 0 Å². The third-order valence-electron chi connectivity index (χ3n) is 4.13. The van der Waals surface area contributed by atoms with Crippen molar-refractivity contribution in [1.82, 2.24) is 15.8 Å². The van der Waals surface area contributed by atoms with Gasteiger partial charge in [0.1, 0.15) is 5.69 Å². The predicted octanol–water partition coefficient (Wildman–Crippen LogP) is 1.00. The second kappa shape index (κ2) is 9.38. The zero-order chi connectivity index (χ0) is 19.9. The van der Waals surface area contributed by atoms with Gasteiger partial charge in [0.05, 0.1) is 33.9 Å². The van der Waals surface area contributed by atoms with Crippen molar-refractivity contribution in [2.45, 2.75) is 6.42 Å². The van der Waals surface area contributed by atoms with Gasteiger partial charge in [-0.15, -0.1) is 11.3 Å². The van der Waals surface area contributed by atoms with E-state index < -0.39 is 5.91 Å². The Morgan fingerprint density at radius 2 is 1.93 bits per heavy atom. The normalized spacial score (nSPS) is 13.7. The molecule has 10 heteroatoms. The lowest BCUT2D eigenvalue weighted by atomic mass is 10.1. The summed E-state index contributed by atoms with van der Waals surface area (Å²) in [5.41, 5.74) is 5.79. The highest BCUT2D eigenvalue weighted by Gasteiger charge is 2.18. The van der Waals surface area contributed by atoms with E-state index in [1.807, 2.05) is 0 Å². The SMILES string of the molecule is COc1ccc(CC(=O)NNC(=O)c2csc(N3CCOCC3)n2)cc1OC. The van der Waals surface area contributed by atoms with Gasteiger partial charge in [0, 0.05) is 18.5 Å².